The van der Waals surface area contributed by atoms with Crippen molar-refractivity contribution >= 4 is 38.0 Å². The first-order chi connectivity index (χ1) is 13.0. The van der Waals surface area contributed by atoms with E-state index in [4.69, 9.17) is 0 Å². The van der Waals surface area contributed by atoms with Gasteiger partial charge in [-0.3, -0.25) is 9.52 Å². The monoisotopic (exact) mass is 383 g/mol. The van der Waals surface area contributed by atoms with Gasteiger partial charge in [-0.15, -0.1) is 0 Å². The van der Waals surface area contributed by atoms with Crippen LogP contribution in [-0.4, -0.2) is 41.2 Å². The molecular formula is C18H17N5O3S. The number of aromatic amines is 1. The third-order valence-electron chi connectivity index (χ3n) is 4.10. The van der Waals surface area contributed by atoms with Crippen molar-refractivity contribution in [2.45, 2.75) is 0 Å². The fraction of sp³-hybridized carbons (Fsp3) is 0.111. The highest BCUT2D eigenvalue weighted by Gasteiger charge is 2.13. The number of carbonyl (C=O) groups excluding carboxylic acids is 1. The van der Waals surface area contributed by atoms with Crippen LogP contribution in [0.25, 0.3) is 16.4 Å². The zero-order valence-corrected chi connectivity index (χ0v) is 15.0. The predicted octanol–water partition coefficient (Wildman–Crippen LogP) is 1.99. The summed E-state index contributed by atoms with van der Waals surface area (Å²) in [6.45, 7) is -0.00153. The van der Waals surface area contributed by atoms with Crippen LogP contribution in [0.3, 0.4) is 0 Å². The van der Waals surface area contributed by atoms with Crippen LogP contribution in [0, 0.1) is 0 Å². The molecule has 3 N–H and O–H groups in total. The second-order valence-electron chi connectivity index (χ2n) is 6.06. The van der Waals surface area contributed by atoms with Crippen LogP contribution in [0.15, 0.2) is 60.9 Å². The molecule has 4 aromatic rings. The fourth-order valence-electron chi connectivity index (χ4n) is 2.81. The molecule has 0 atom stereocenters. The Morgan fingerprint density at radius 2 is 2.00 bits per heavy atom. The molecule has 0 aliphatic rings. The Kier molecular flexibility index (Phi) is 4.28. The van der Waals surface area contributed by atoms with Crippen molar-refractivity contribution in [1.82, 2.24) is 19.9 Å². The lowest BCUT2D eigenvalue weighted by Gasteiger charge is -2.09. The van der Waals surface area contributed by atoms with Gasteiger partial charge >= 0.3 is 0 Å². The number of amides is 1. The number of sulfonamides is 1. The van der Waals surface area contributed by atoms with Gasteiger partial charge in [0.15, 0.2) is 0 Å². The van der Waals surface area contributed by atoms with Crippen molar-refractivity contribution in [3.8, 4) is 0 Å². The summed E-state index contributed by atoms with van der Waals surface area (Å²) >= 11 is 0. The second-order valence-corrected chi connectivity index (χ2v) is 7.91. The summed E-state index contributed by atoms with van der Waals surface area (Å²) in [5.74, 6) is -0.578. The zero-order chi connectivity index (χ0) is 18.9. The smallest absolute Gasteiger partial charge is 0.267 e. The van der Waals surface area contributed by atoms with Crippen LogP contribution in [0.1, 0.15) is 10.5 Å². The van der Waals surface area contributed by atoms with E-state index in [0.29, 0.717) is 11.4 Å². The number of hydrogen-bond donors (Lipinski definition) is 3. The molecule has 0 aliphatic heterocycles. The number of aromatic nitrogens is 3. The first-order valence-electron chi connectivity index (χ1n) is 8.30. The molecular weight excluding hydrogens is 366 g/mol. The number of H-pyrrole nitrogens is 1. The average molecular weight is 383 g/mol. The van der Waals surface area contributed by atoms with Crippen LogP contribution in [0.5, 0.6) is 0 Å². The molecule has 1 aromatic carbocycles. The molecule has 3 aromatic heterocycles. The van der Waals surface area contributed by atoms with E-state index in [1.165, 1.54) is 0 Å². The summed E-state index contributed by atoms with van der Waals surface area (Å²) in [6, 6.07) is 14.4. The Morgan fingerprint density at radius 1 is 1.15 bits per heavy atom. The summed E-state index contributed by atoms with van der Waals surface area (Å²) in [5.41, 5.74) is 2.48. The van der Waals surface area contributed by atoms with Gasteiger partial charge in [0, 0.05) is 29.8 Å². The standard InChI is InChI=1S/C18H17N5O3S/c24-18(17-11-13-3-1-2-4-16(13)21-17)19-8-10-27(25,26)22-14-6-9-23-15(12-14)5-7-20-23/h1-7,9,11-12,21-22H,8,10H2,(H,19,24). The van der Waals surface area contributed by atoms with Gasteiger partial charge in [0.05, 0.1) is 17.0 Å². The molecule has 3 heterocycles. The molecule has 9 heteroatoms. The maximum atomic E-state index is 12.2. The molecule has 0 unspecified atom stereocenters. The van der Waals surface area contributed by atoms with E-state index in [1.807, 2.05) is 24.3 Å². The number of nitrogens with one attached hydrogen (secondary N) is 3. The van der Waals surface area contributed by atoms with Gasteiger partial charge in [-0.25, -0.2) is 12.9 Å². The molecule has 27 heavy (non-hydrogen) atoms. The highest BCUT2D eigenvalue weighted by Crippen LogP contribution is 2.15. The van der Waals surface area contributed by atoms with Crippen molar-refractivity contribution in [2.75, 3.05) is 17.0 Å². The van der Waals surface area contributed by atoms with Crippen molar-refractivity contribution < 1.29 is 13.2 Å². The molecule has 138 valence electrons. The first-order valence-corrected chi connectivity index (χ1v) is 9.95. The van der Waals surface area contributed by atoms with Gasteiger partial charge in [0.2, 0.25) is 10.0 Å². The largest absolute Gasteiger partial charge is 0.351 e. The molecule has 0 spiro atoms. The van der Waals surface area contributed by atoms with E-state index in [-0.39, 0.29) is 18.2 Å². The van der Waals surface area contributed by atoms with Gasteiger partial charge in [-0.05, 0) is 30.3 Å². The number of nitrogens with zero attached hydrogens (tertiary/aromatic N) is 2. The second kappa shape index (κ2) is 6.76. The van der Waals surface area contributed by atoms with Gasteiger partial charge in [0.25, 0.3) is 5.91 Å². The minimum absolute atomic E-state index is 0.00153. The first kappa shape index (κ1) is 17.1. The highest BCUT2D eigenvalue weighted by atomic mass is 32.2. The van der Waals surface area contributed by atoms with Gasteiger partial charge < -0.3 is 10.3 Å². The molecule has 8 nitrogen and oxygen atoms in total. The number of pyridine rings is 1. The van der Waals surface area contributed by atoms with Crippen molar-refractivity contribution in [2.24, 2.45) is 0 Å². The highest BCUT2D eigenvalue weighted by molar-refractivity contribution is 7.92. The lowest BCUT2D eigenvalue weighted by atomic mass is 10.2. The van der Waals surface area contributed by atoms with Crippen LogP contribution in [0.2, 0.25) is 0 Å². The van der Waals surface area contributed by atoms with Crippen LogP contribution in [0.4, 0.5) is 5.69 Å². The molecule has 1 amide bonds. The van der Waals surface area contributed by atoms with E-state index in [1.54, 1.807) is 41.2 Å². The number of para-hydroxylation sites is 1. The number of carbonyl (C=O) groups is 1. The number of rotatable bonds is 6. The Bertz CT molecular complexity index is 1190. The Morgan fingerprint density at radius 3 is 2.85 bits per heavy atom. The van der Waals surface area contributed by atoms with E-state index >= 15 is 0 Å². The normalized spacial score (nSPS) is 11.7. The summed E-state index contributed by atoms with van der Waals surface area (Å²) < 4.78 is 28.6. The fourth-order valence-corrected chi connectivity index (χ4v) is 3.76. The van der Waals surface area contributed by atoms with Gasteiger partial charge in [-0.2, -0.15) is 5.10 Å². The maximum absolute atomic E-state index is 12.2. The molecule has 0 saturated carbocycles. The topological polar surface area (TPSA) is 108 Å². The number of hydrogen-bond acceptors (Lipinski definition) is 4. The van der Waals surface area contributed by atoms with Crippen molar-refractivity contribution in [1.29, 1.82) is 0 Å². The van der Waals surface area contributed by atoms with Crippen molar-refractivity contribution in [3.63, 3.8) is 0 Å². The van der Waals surface area contributed by atoms with Crippen molar-refractivity contribution in [3.05, 3.63) is 66.6 Å². The van der Waals surface area contributed by atoms with Crippen LogP contribution >= 0.6 is 0 Å². The van der Waals surface area contributed by atoms with Crippen LogP contribution < -0.4 is 10.0 Å². The van der Waals surface area contributed by atoms with E-state index in [9.17, 15) is 13.2 Å². The molecule has 0 saturated heterocycles. The van der Waals surface area contributed by atoms with Gasteiger partial charge in [-0.1, -0.05) is 18.2 Å². The molecule has 4 rings (SSSR count). The third-order valence-corrected chi connectivity index (χ3v) is 5.39. The SMILES string of the molecule is O=C(NCCS(=O)(=O)Nc1ccn2nccc2c1)c1cc2ccccc2[nH]1. The number of benzene rings is 1. The number of fused-ring (bicyclic) bond motifs is 2. The lowest BCUT2D eigenvalue weighted by Crippen LogP contribution is -2.31. The predicted molar refractivity (Wildman–Crippen MR) is 103 cm³/mol. The quantitative estimate of drug-likeness (QED) is 0.473. The molecule has 0 fully saturated rings. The molecule has 0 radical (unpaired) electrons. The Labute approximate surface area is 155 Å². The third kappa shape index (κ3) is 3.77. The van der Waals surface area contributed by atoms with E-state index < -0.39 is 10.0 Å². The zero-order valence-electron chi connectivity index (χ0n) is 14.2. The summed E-state index contributed by atoms with van der Waals surface area (Å²) in [4.78, 5) is 15.2. The molecule has 0 aliphatic carbocycles. The number of anilines is 1. The minimum Gasteiger partial charge on any atom is -0.351 e. The Balaban J connectivity index is 1.36. The lowest BCUT2D eigenvalue weighted by molar-refractivity contribution is 0.0952. The summed E-state index contributed by atoms with van der Waals surface area (Å²) in [5, 5.41) is 7.61. The van der Waals surface area contributed by atoms with Crippen LogP contribution in [-0.2, 0) is 10.0 Å². The molecule has 0 bridgehead atoms. The van der Waals surface area contributed by atoms with E-state index in [2.05, 4.69) is 20.1 Å². The Hall–Kier alpha value is -3.33. The maximum Gasteiger partial charge on any atom is 0.267 e. The minimum atomic E-state index is -3.59. The summed E-state index contributed by atoms with van der Waals surface area (Å²) in [6.07, 6.45) is 3.30. The van der Waals surface area contributed by atoms with E-state index in [0.717, 1.165) is 16.4 Å². The average Bonchev–Trinajstić information content (AvgIpc) is 3.27. The summed E-state index contributed by atoms with van der Waals surface area (Å²) in [7, 11) is -3.59. The van der Waals surface area contributed by atoms with Gasteiger partial charge in [0.1, 0.15) is 5.69 Å².